The van der Waals surface area contributed by atoms with Crippen molar-refractivity contribution in [2.45, 2.75) is 45.6 Å². The summed E-state index contributed by atoms with van der Waals surface area (Å²) in [7, 11) is -3.05. The molecular formula is C10H21NO3S. The van der Waals surface area contributed by atoms with E-state index in [9.17, 15) is 13.2 Å². The summed E-state index contributed by atoms with van der Waals surface area (Å²) in [6.07, 6.45) is 2.13. The summed E-state index contributed by atoms with van der Waals surface area (Å²) in [5.74, 6) is -0.0445. The maximum absolute atomic E-state index is 11.4. The van der Waals surface area contributed by atoms with Gasteiger partial charge in [-0.2, -0.15) is 0 Å². The van der Waals surface area contributed by atoms with E-state index in [-0.39, 0.29) is 23.7 Å². The molecule has 0 saturated heterocycles. The standard InChI is InChI=1S/C10H21NO3S/c1-3-5-9(11)10(12)6-8-15(13,14)7-4-2/h9H,3-8,11H2,1-2H3. The summed E-state index contributed by atoms with van der Waals surface area (Å²) < 4.78 is 22.6. The quantitative estimate of drug-likeness (QED) is 0.678. The Morgan fingerprint density at radius 3 is 2.27 bits per heavy atom. The van der Waals surface area contributed by atoms with Gasteiger partial charge in [0.05, 0.1) is 11.8 Å². The van der Waals surface area contributed by atoms with Crippen molar-refractivity contribution in [3.63, 3.8) is 0 Å². The SMILES string of the molecule is CCCC(N)C(=O)CCS(=O)(=O)CCC. The maximum atomic E-state index is 11.4. The van der Waals surface area contributed by atoms with Gasteiger partial charge in [0, 0.05) is 12.2 Å². The van der Waals surface area contributed by atoms with Gasteiger partial charge in [0.25, 0.3) is 0 Å². The third-order valence-corrected chi connectivity index (χ3v) is 4.04. The van der Waals surface area contributed by atoms with Crippen LogP contribution in [-0.2, 0) is 14.6 Å². The highest BCUT2D eigenvalue weighted by atomic mass is 32.2. The lowest BCUT2D eigenvalue weighted by Crippen LogP contribution is -2.31. The van der Waals surface area contributed by atoms with Gasteiger partial charge >= 0.3 is 0 Å². The fourth-order valence-electron chi connectivity index (χ4n) is 1.33. The van der Waals surface area contributed by atoms with E-state index in [1.807, 2.05) is 13.8 Å². The fourth-order valence-corrected chi connectivity index (χ4v) is 2.66. The number of sulfone groups is 1. The molecule has 0 aliphatic heterocycles. The van der Waals surface area contributed by atoms with Crippen molar-refractivity contribution < 1.29 is 13.2 Å². The third kappa shape index (κ3) is 6.62. The Morgan fingerprint density at radius 2 is 1.80 bits per heavy atom. The van der Waals surface area contributed by atoms with E-state index < -0.39 is 15.9 Å². The molecule has 2 N–H and O–H groups in total. The molecule has 0 aromatic rings. The van der Waals surface area contributed by atoms with Crippen molar-refractivity contribution >= 4 is 15.6 Å². The predicted molar refractivity (Wildman–Crippen MR) is 61.5 cm³/mol. The number of carbonyl (C=O) groups is 1. The van der Waals surface area contributed by atoms with E-state index in [4.69, 9.17) is 5.73 Å². The average Bonchev–Trinajstić information content (AvgIpc) is 2.14. The molecule has 0 fully saturated rings. The molecule has 15 heavy (non-hydrogen) atoms. The molecule has 0 spiro atoms. The Labute approximate surface area is 92.2 Å². The molecule has 0 aromatic heterocycles. The highest BCUT2D eigenvalue weighted by Crippen LogP contribution is 2.02. The largest absolute Gasteiger partial charge is 0.322 e. The minimum atomic E-state index is -3.05. The van der Waals surface area contributed by atoms with Crippen LogP contribution in [-0.4, -0.2) is 31.7 Å². The number of nitrogens with two attached hydrogens (primary N) is 1. The predicted octanol–water partition coefficient (Wildman–Crippen LogP) is 0.898. The molecule has 5 heteroatoms. The van der Waals surface area contributed by atoms with Crippen LogP contribution in [0.15, 0.2) is 0 Å². The van der Waals surface area contributed by atoms with Crippen LogP contribution in [0, 0.1) is 0 Å². The van der Waals surface area contributed by atoms with Crippen molar-refractivity contribution in [1.29, 1.82) is 0 Å². The second kappa shape index (κ2) is 6.95. The number of hydrogen-bond donors (Lipinski definition) is 1. The van der Waals surface area contributed by atoms with E-state index in [1.165, 1.54) is 0 Å². The Bertz CT molecular complexity index is 285. The van der Waals surface area contributed by atoms with Crippen LogP contribution < -0.4 is 5.73 Å². The first kappa shape index (κ1) is 14.6. The maximum Gasteiger partial charge on any atom is 0.150 e. The van der Waals surface area contributed by atoms with Crippen molar-refractivity contribution in [2.75, 3.05) is 11.5 Å². The topological polar surface area (TPSA) is 77.2 Å². The minimum absolute atomic E-state index is 0.0584. The molecule has 0 rings (SSSR count). The molecule has 0 heterocycles. The molecule has 1 atom stereocenters. The van der Waals surface area contributed by atoms with Crippen LogP contribution in [0.1, 0.15) is 39.5 Å². The van der Waals surface area contributed by atoms with E-state index in [0.717, 1.165) is 6.42 Å². The highest BCUT2D eigenvalue weighted by Gasteiger charge is 2.16. The fraction of sp³-hybridized carbons (Fsp3) is 0.900. The normalized spacial score (nSPS) is 13.8. The lowest BCUT2D eigenvalue weighted by molar-refractivity contribution is -0.120. The van der Waals surface area contributed by atoms with Gasteiger partial charge < -0.3 is 5.73 Å². The Hall–Kier alpha value is -0.420. The minimum Gasteiger partial charge on any atom is -0.322 e. The molecule has 4 nitrogen and oxygen atoms in total. The van der Waals surface area contributed by atoms with Crippen molar-refractivity contribution in [2.24, 2.45) is 5.73 Å². The zero-order valence-electron chi connectivity index (χ0n) is 9.53. The van der Waals surface area contributed by atoms with E-state index in [1.54, 1.807) is 0 Å². The average molecular weight is 235 g/mol. The molecule has 0 aromatic carbocycles. The zero-order valence-corrected chi connectivity index (χ0v) is 10.3. The van der Waals surface area contributed by atoms with Crippen LogP contribution in [0.3, 0.4) is 0 Å². The second-order valence-corrected chi connectivity index (χ2v) is 6.07. The number of rotatable bonds is 8. The molecule has 0 saturated carbocycles. The second-order valence-electron chi connectivity index (χ2n) is 3.76. The summed E-state index contributed by atoms with van der Waals surface area (Å²) in [5.41, 5.74) is 5.59. The summed E-state index contributed by atoms with van der Waals surface area (Å²) in [5, 5.41) is 0. The third-order valence-electron chi connectivity index (χ3n) is 2.19. The highest BCUT2D eigenvalue weighted by molar-refractivity contribution is 7.91. The molecule has 0 aliphatic rings. The van der Waals surface area contributed by atoms with Gasteiger partial charge in [0.1, 0.15) is 0 Å². The van der Waals surface area contributed by atoms with Gasteiger partial charge in [0.15, 0.2) is 15.6 Å². The van der Waals surface area contributed by atoms with E-state index in [2.05, 4.69) is 0 Å². The molecular weight excluding hydrogens is 214 g/mol. The first-order chi connectivity index (χ1) is 6.93. The van der Waals surface area contributed by atoms with Crippen LogP contribution in [0.2, 0.25) is 0 Å². The molecule has 0 amide bonds. The van der Waals surface area contributed by atoms with Crippen molar-refractivity contribution in [1.82, 2.24) is 0 Å². The monoisotopic (exact) mass is 235 g/mol. The number of hydrogen-bond acceptors (Lipinski definition) is 4. The zero-order chi connectivity index (χ0) is 11.9. The number of Topliss-reactive ketones (excluding diaryl/α,β-unsaturated/α-hetero) is 1. The van der Waals surface area contributed by atoms with Crippen LogP contribution in [0.4, 0.5) is 0 Å². The molecule has 1 unspecified atom stereocenters. The van der Waals surface area contributed by atoms with Gasteiger partial charge in [-0.1, -0.05) is 20.3 Å². The molecule has 0 aliphatic carbocycles. The van der Waals surface area contributed by atoms with E-state index >= 15 is 0 Å². The van der Waals surface area contributed by atoms with Crippen molar-refractivity contribution in [3.05, 3.63) is 0 Å². The first-order valence-electron chi connectivity index (χ1n) is 5.41. The first-order valence-corrected chi connectivity index (χ1v) is 7.23. The van der Waals surface area contributed by atoms with Gasteiger partial charge in [-0.25, -0.2) is 8.42 Å². The molecule has 90 valence electrons. The van der Waals surface area contributed by atoms with Gasteiger partial charge in [-0.05, 0) is 12.8 Å². The smallest absolute Gasteiger partial charge is 0.150 e. The lowest BCUT2D eigenvalue weighted by atomic mass is 10.1. The Balaban J connectivity index is 4.00. The van der Waals surface area contributed by atoms with Crippen molar-refractivity contribution in [3.8, 4) is 0 Å². The summed E-state index contributed by atoms with van der Waals surface area (Å²) >= 11 is 0. The van der Waals surface area contributed by atoms with Gasteiger partial charge in [-0.3, -0.25) is 4.79 Å². The summed E-state index contributed by atoms with van der Waals surface area (Å²) in [6.45, 7) is 3.75. The summed E-state index contributed by atoms with van der Waals surface area (Å²) in [6, 6.07) is -0.494. The molecule has 0 bridgehead atoms. The number of carbonyl (C=O) groups excluding carboxylic acids is 1. The van der Waals surface area contributed by atoms with Crippen LogP contribution >= 0.6 is 0 Å². The van der Waals surface area contributed by atoms with Gasteiger partial charge in [0.2, 0.25) is 0 Å². The van der Waals surface area contributed by atoms with E-state index in [0.29, 0.717) is 12.8 Å². The number of ketones is 1. The Kier molecular flexibility index (Phi) is 6.76. The summed E-state index contributed by atoms with van der Waals surface area (Å²) in [4.78, 5) is 11.4. The van der Waals surface area contributed by atoms with Gasteiger partial charge in [-0.15, -0.1) is 0 Å². The van der Waals surface area contributed by atoms with Crippen LogP contribution in [0.25, 0.3) is 0 Å². The Morgan fingerprint density at radius 1 is 1.20 bits per heavy atom. The van der Waals surface area contributed by atoms with Crippen LogP contribution in [0.5, 0.6) is 0 Å². The lowest BCUT2D eigenvalue weighted by Gasteiger charge is -2.08. The molecule has 0 radical (unpaired) electrons.